The monoisotopic (exact) mass is 854 g/mol. The number of benzene rings is 11. The van der Waals surface area contributed by atoms with Crippen molar-refractivity contribution in [3.05, 3.63) is 254 Å². The molecule has 0 saturated heterocycles. The highest BCUT2D eigenvalue weighted by Gasteiger charge is 2.35. The second-order valence-corrected chi connectivity index (χ2v) is 18.5. The Kier molecular flexibility index (Phi) is 8.91. The molecule has 11 aromatic carbocycles. The topological polar surface area (TPSA) is 8.17 Å². The van der Waals surface area contributed by atoms with Gasteiger partial charge in [-0.25, -0.2) is 0 Å². The van der Waals surface area contributed by atoms with Gasteiger partial charge in [-0.1, -0.05) is 202 Å². The minimum atomic E-state index is -0.123. The van der Waals surface area contributed by atoms with Gasteiger partial charge in [0.05, 0.1) is 16.7 Å². The zero-order valence-corrected chi connectivity index (χ0v) is 37.5. The molecule has 67 heavy (non-hydrogen) atoms. The van der Waals surface area contributed by atoms with Crippen LogP contribution in [-0.2, 0) is 5.41 Å². The summed E-state index contributed by atoms with van der Waals surface area (Å²) in [5, 5.41) is 7.50. The van der Waals surface area contributed by atoms with Gasteiger partial charge >= 0.3 is 0 Å². The average molecular weight is 855 g/mol. The predicted molar refractivity (Wildman–Crippen MR) is 284 cm³/mol. The molecule has 0 atom stereocenters. The first-order valence-corrected chi connectivity index (χ1v) is 23.3. The maximum Gasteiger partial charge on any atom is 0.0547 e. The van der Waals surface area contributed by atoms with Crippen molar-refractivity contribution in [2.75, 3.05) is 4.90 Å². The summed E-state index contributed by atoms with van der Waals surface area (Å²) in [5.74, 6) is 0. The van der Waals surface area contributed by atoms with E-state index in [0.717, 1.165) is 28.3 Å². The molecule has 1 aliphatic rings. The SMILES string of the molecule is CC1(C)c2ccccc2-c2ccc(N(c3ccc(-c4ccccc4-n4c5ccccc5c5ccc(-c6cccc7ccccc67)cc54)cc3)c3ccc(-c4cccc5ccccc45)cc3)cc21. The summed E-state index contributed by atoms with van der Waals surface area (Å²) in [6.07, 6.45) is 0. The van der Waals surface area contributed by atoms with Crippen LogP contribution in [0.15, 0.2) is 243 Å². The molecule has 0 fully saturated rings. The molecular formula is C65H46N2. The fraction of sp³-hybridized carbons (Fsp3) is 0.0462. The molecule has 0 radical (unpaired) electrons. The molecule has 1 heterocycles. The Labute approximate surface area is 391 Å². The molecule has 0 unspecified atom stereocenters. The smallest absolute Gasteiger partial charge is 0.0547 e. The molecular weight excluding hydrogens is 809 g/mol. The van der Waals surface area contributed by atoms with E-state index in [4.69, 9.17) is 0 Å². The number of nitrogens with zero attached hydrogens (tertiary/aromatic N) is 2. The second-order valence-electron chi connectivity index (χ2n) is 18.5. The molecule has 0 aliphatic heterocycles. The summed E-state index contributed by atoms with van der Waals surface area (Å²) in [4.78, 5) is 2.42. The van der Waals surface area contributed by atoms with Crippen LogP contribution in [0.3, 0.4) is 0 Å². The van der Waals surface area contributed by atoms with E-state index in [1.54, 1.807) is 0 Å². The normalized spacial score (nSPS) is 12.7. The number of hydrogen-bond donors (Lipinski definition) is 0. The Morgan fingerprint density at radius 3 is 1.49 bits per heavy atom. The highest BCUT2D eigenvalue weighted by Crippen LogP contribution is 2.51. The molecule has 0 bridgehead atoms. The molecule has 2 heteroatoms. The van der Waals surface area contributed by atoms with Crippen LogP contribution in [-0.4, -0.2) is 4.57 Å². The van der Waals surface area contributed by atoms with E-state index in [9.17, 15) is 0 Å². The summed E-state index contributed by atoms with van der Waals surface area (Å²) >= 11 is 0. The maximum atomic E-state index is 2.47. The lowest BCUT2D eigenvalue weighted by Crippen LogP contribution is -2.16. The third kappa shape index (κ3) is 6.25. The highest BCUT2D eigenvalue weighted by molar-refractivity contribution is 6.11. The van der Waals surface area contributed by atoms with E-state index in [-0.39, 0.29) is 5.41 Å². The second kappa shape index (κ2) is 15.3. The zero-order valence-electron chi connectivity index (χ0n) is 37.5. The van der Waals surface area contributed by atoms with Crippen molar-refractivity contribution in [1.82, 2.24) is 4.57 Å². The molecule has 0 saturated carbocycles. The van der Waals surface area contributed by atoms with Crippen molar-refractivity contribution in [3.8, 4) is 50.2 Å². The molecule has 1 aliphatic carbocycles. The first kappa shape index (κ1) is 39.0. The van der Waals surface area contributed by atoms with Crippen molar-refractivity contribution in [1.29, 1.82) is 0 Å². The van der Waals surface area contributed by atoms with Crippen LogP contribution in [0.2, 0.25) is 0 Å². The zero-order chi connectivity index (χ0) is 44.6. The summed E-state index contributed by atoms with van der Waals surface area (Å²) < 4.78 is 2.47. The number of anilines is 3. The van der Waals surface area contributed by atoms with Gasteiger partial charge < -0.3 is 9.47 Å². The van der Waals surface area contributed by atoms with Crippen LogP contribution in [0.1, 0.15) is 25.0 Å². The van der Waals surface area contributed by atoms with Gasteiger partial charge in [-0.05, 0) is 126 Å². The summed E-state index contributed by atoms with van der Waals surface area (Å²) in [6.45, 7) is 4.72. The molecule has 316 valence electrons. The number of aromatic nitrogens is 1. The number of rotatable bonds is 7. The van der Waals surface area contributed by atoms with Crippen LogP contribution in [0.5, 0.6) is 0 Å². The van der Waals surface area contributed by atoms with E-state index in [2.05, 4.69) is 266 Å². The van der Waals surface area contributed by atoms with Crippen LogP contribution < -0.4 is 4.90 Å². The summed E-state index contributed by atoms with van der Waals surface area (Å²) in [7, 11) is 0. The van der Waals surface area contributed by atoms with Crippen LogP contribution >= 0.6 is 0 Å². The van der Waals surface area contributed by atoms with Gasteiger partial charge in [-0.3, -0.25) is 0 Å². The Hall–Kier alpha value is -8.46. The molecule has 0 N–H and O–H groups in total. The lowest BCUT2D eigenvalue weighted by atomic mass is 9.82. The molecule has 0 amide bonds. The van der Waals surface area contributed by atoms with Crippen LogP contribution in [0, 0.1) is 0 Å². The van der Waals surface area contributed by atoms with Gasteiger partial charge in [0.1, 0.15) is 0 Å². The van der Waals surface area contributed by atoms with Crippen molar-refractivity contribution in [3.63, 3.8) is 0 Å². The highest BCUT2D eigenvalue weighted by atomic mass is 15.1. The Morgan fingerprint density at radius 2 is 0.791 bits per heavy atom. The minimum absolute atomic E-state index is 0.123. The maximum absolute atomic E-state index is 2.47. The molecule has 1 aromatic heterocycles. The van der Waals surface area contributed by atoms with Gasteiger partial charge in [-0.15, -0.1) is 0 Å². The van der Waals surface area contributed by atoms with E-state index < -0.39 is 0 Å². The van der Waals surface area contributed by atoms with Gasteiger partial charge in [-0.2, -0.15) is 0 Å². The summed E-state index contributed by atoms with van der Waals surface area (Å²) in [6, 6.07) is 89.4. The van der Waals surface area contributed by atoms with E-state index >= 15 is 0 Å². The summed E-state index contributed by atoms with van der Waals surface area (Å²) in [5.41, 5.74) is 19.4. The largest absolute Gasteiger partial charge is 0.310 e. The minimum Gasteiger partial charge on any atom is -0.310 e. The molecule has 2 nitrogen and oxygen atoms in total. The quantitative estimate of drug-likeness (QED) is 0.155. The van der Waals surface area contributed by atoms with Crippen LogP contribution in [0.25, 0.3) is 93.5 Å². The standard InChI is InChI=1S/C65H46N2/c1-65(2)60-26-10-7-22-56(60)57-40-38-50(42-61(57)65)66(48-34-29-45(30-35-48)53-24-13-17-43-15-3-5-19-51(43)53)49-36-31-46(32-37-49)55-21-8-11-27-62(55)67-63-28-12-9-23-58(63)59-39-33-47(41-64(59)67)54-25-14-18-44-16-4-6-20-52(44)54/h3-42H,1-2H3. The fourth-order valence-corrected chi connectivity index (χ4v) is 11.1. The first-order valence-electron chi connectivity index (χ1n) is 23.3. The van der Waals surface area contributed by atoms with Gasteiger partial charge in [0.2, 0.25) is 0 Å². The number of hydrogen-bond acceptors (Lipinski definition) is 1. The molecule has 0 spiro atoms. The van der Waals surface area contributed by atoms with Crippen molar-refractivity contribution in [2.24, 2.45) is 0 Å². The van der Waals surface area contributed by atoms with E-state index in [0.29, 0.717) is 0 Å². The van der Waals surface area contributed by atoms with Gasteiger partial charge in [0, 0.05) is 38.8 Å². The number of fused-ring (bicyclic) bond motifs is 8. The Balaban J connectivity index is 0.937. The van der Waals surface area contributed by atoms with Gasteiger partial charge in [0.15, 0.2) is 0 Å². The average Bonchev–Trinajstić information content (AvgIpc) is 3.83. The van der Waals surface area contributed by atoms with Crippen molar-refractivity contribution < 1.29 is 0 Å². The van der Waals surface area contributed by atoms with Crippen LogP contribution in [0.4, 0.5) is 17.1 Å². The lowest BCUT2D eigenvalue weighted by Gasteiger charge is -2.28. The Morgan fingerprint density at radius 1 is 0.313 bits per heavy atom. The fourth-order valence-electron chi connectivity index (χ4n) is 11.1. The lowest BCUT2D eigenvalue weighted by molar-refractivity contribution is 0.660. The van der Waals surface area contributed by atoms with Crippen molar-refractivity contribution in [2.45, 2.75) is 19.3 Å². The third-order valence-corrected chi connectivity index (χ3v) is 14.4. The van der Waals surface area contributed by atoms with Crippen molar-refractivity contribution >= 4 is 60.4 Å². The predicted octanol–water partition coefficient (Wildman–Crippen LogP) is 17.9. The molecule has 13 rings (SSSR count). The third-order valence-electron chi connectivity index (χ3n) is 14.4. The van der Waals surface area contributed by atoms with E-state index in [1.807, 2.05) is 0 Å². The number of para-hydroxylation sites is 2. The first-order chi connectivity index (χ1) is 33.0. The van der Waals surface area contributed by atoms with Gasteiger partial charge in [0.25, 0.3) is 0 Å². The van der Waals surface area contributed by atoms with E-state index in [1.165, 1.54) is 93.4 Å². The Bertz CT molecular complexity index is 3880. The molecule has 12 aromatic rings.